The maximum atomic E-state index is 4.23. The molecule has 2 aromatic rings. The van der Waals surface area contributed by atoms with E-state index in [4.69, 9.17) is 0 Å². The molecule has 0 bridgehead atoms. The molecule has 0 saturated heterocycles. The third kappa shape index (κ3) is 1.80. The minimum absolute atomic E-state index is 0.941. The van der Waals surface area contributed by atoms with E-state index in [1.807, 2.05) is 25.3 Å². The first kappa shape index (κ1) is 9.27. The fraction of sp³-hybridized carbons (Fsp3) is 0.300. The lowest BCUT2D eigenvalue weighted by molar-refractivity contribution is 0.985. The highest BCUT2D eigenvalue weighted by molar-refractivity contribution is 7.14. The normalized spacial score (nSPS) is 10.4. The van der Waals surface area contributed by atoms with Gasteiger partial charge in [-0.3, -0.25) is 4.98 Å². The molecule has 14 heavy (non-hydrogen) atoms. The summed E-state index contributed by atoms with van der Waals surface area (Å²) in [6.07, 6.45) is 2.78. The van der Waals surface area contributed by atoms with Crippen LogP contribution in [0.5, 0.6) is 0 Å². The van der Waals surface area contributed by atoms with Crippen LogP contribution in [0.25, 0.3) is 10.6 Å². The summed E-state index contributed by atoms with van der Waals surface area (Å²) in [6.45, 7) is 4.05. The third-order valence-corrected chi connectivity index (χ3v) is 3.04. The topological polar surface area (TPSA) is 38.7 Å². The van der Waals surface area contributed by atoms with E-state index < -0.39 is 0 Å². The first-order valence-electron chi connectivity index (χ1n) is 4.55. The van der Waals surface area contributed by atoms with Gasteiger partial charge >= 0.3 is 0 Å². The monoisotopic (exact) mass is 205 g/mol. The van der Waals surface area contributed by atoms with Gasteiger partial charge in [0.1, 0.15) is 10.0 Å². The highest BCUT2D eigenvalue weighted by Gasteiger charge is 2.04. The maximum absolute atomic E-state index is 4.23. The Morgan fingerprint density at radius 3 is 2.71 bits per heavy atom. The Morgan fingerprint density at radius 1 is 1.29 bits per heavy atom. The highest BCUT2D eigenvalue weighted by atomic mass is 32.1. The summed E-state index contributed by atoms with van der Waals surface area (Å²) in [5.74, 6) is 0. The van der Waals surface area contributed by atoms with Gasteiger partial charge in [0.2, 0.25) is 0 Å². The number of aryl methyl sites for hydroxylation is 2. The van der Waals surface area contributed by atoms with Crippen molar-refractivity contribution in [2.45, 2.75) is 20.3 Å². The van der Waals surface area contributed by atoms with Crippen molar-refractivity contribution in [3.05, 3.63) is 29.0 Å². The number of pyridine rings is 1. The zero-order valence-corrected chi connectivity index (χ0v) is 9.01. The van der Waals surface area contributed by atoms with E-state index in [0.29, 0.717) is 0 Å². The Kier molecular flexibility index (Phi) is 2.54. The SMILES string of the molecule is CCc1nnc(-c2ccc(C)nc2)s1. The van der Waals surface area contributed by atoms with Gasteiger partial charge in [0, 0.05) is 17.5 Å². The van der Waals surface area contributed by atoms with Gasteiger partial charge in [-0.15, -0.1) is 10.2 Å². The number of rotatable bonds is 2. The molecule has 2 rings (SSSR count). The molecule has 0 radical (unpaired) electrons. The minimum atomic E-state index is 0.941. The maximum Gasteiger partial charge on any atom is 0.149 e. The number of hydrogen-bond donors (Lipinski definition) is 0. The van der Waals surface area contributed by atoms with E-state index in [1.54, 1.807) is 11.3 Å². The predicted molar refractivity (Wildman–Crippen MR) is 57.3 cm³/mol. The molecule has 0 atom stereocenters. The van der Waals surface area contributed by atoms with Gasteiger partial charge in [0.15, 0.2) is 0 Å². The van der Waals surface area contributed by atoms with E-state index in [2.05, 4.69) is 22.1 Å². The predicted octanol–water partition coefficient (Wildman–Crippen LogP) is 2.47. The molecule has 0 N–H and O–H groups in total. The lowest BCUT2D eigenvalue weighted by atomic mass is 10.3. The van der Waals surface area contributed by atoms with Crippen LogP contribution < -0.4 is 0 Å². The van der Waals surface area contributed by atoms with Gasteiger partial charge < -0.3 is 0 Å². The quantitative estimate of drug-likeness (QED) is 0.756. The molecule has 0 spiro atoms. The Morgan fingerprint density at radius 2 is 2.14 bits per heavy atom. The number of nitrogens with zero attached hydrogens (tertiary/aromatic N) is 3. The molecule has 0 aromatic carbocycles. The summed E-state index contributed by atoms with van der Waals surface area (Å²) in [4.78, 5) is 4.23. The molecular weight excluding hydrogens is 194 g/mol. The third-order valence-electron chi connectivity index (χ3n) is 1.93. The van der Waals surface area contributed by atoms with Crippen LogP contribution in [0.1, 0.15) is 17.6 Å². The molecule has 0 amide bonds. The van der Waals surface area contributed by atoms with Crippen molar-refractivity contribution in [3.8, 4) is 10.6 Å². The van der Waals surface area contributed by atoms with Crippen LogP contribution in [-0.2, 0) is 6.42 Å². The summed E-state index contributed by atoms with van der Waals surface area (Å²) >= 11 is 1.63. The van der Waals surface area contributed by atoms with Crippen LogP contribution >= 0.6 is 11.3 Å². The average Bonchev–Trinajstić information content (AvgIpc) is 2.67. The van der Waals surface area contributed by atoms with Crippen molar-refractivity contribution >= 4 is 11.3 Å². The summed E-state index contributed by atoms with van der Waals surface area (Å²) in [7, 11) is 0. The molecule has 4 heteroatoms. The van der Waals surface area contributed by atoms with Crippen LogP contribution in [0.3, 0.4) is 0 Å². The second kappa shape index (κ2) is 3.84. The Hall–Kier alpha value is -1.29. The highest BCUT2D eigenvalue weighted by Crippen LogP contribution is 2.22. The molecule has 0 fully saturated rings. The molecule has 0 aliphatic rings. The van der Waals surface area contributed by atoms with Gasteiger partial charge in [-0.05, 0) is 25.5 Å². The second-order valence-electron chi connectivity index (χ2n) is 3.04. The van der Waals surface area contributed by atoms with Crippen molar-refractivity contribution in [1.82, 2.24) is 15.2 Å². The molecule has 2 aromatic heterocycles. The van der Waals surface area contributed by atoms with Crippen LogP contribution in [0.15, 0.2) is 18.3 Å². The lowest BCUT2D eigenvalue weighted by Gasteiger charge is -1.94. The molecule has 0 aliphatic carbocycles. The molecule has 72 valence electrons. The van der Waals surface area contributed by atoms with Crippen LogP contribution in [0.4, 0.5) is 0 Å². The fourth-order valence-electron chi connectivity index (χ4n) is 1.11. The van der Waals surface area contributed by atoms with Gasteiger partial charge in [0.05, 0.1) is 0 Å². The molecular formula is C10H11N3S. The number of aromatic nitrogens is 3. The van der Waals surface area contributed by atoms with Gasteiger partial charge in [-0.1, -0.05) is 18.3 Å². The van der Waals surface area contributed by atoms with Crippen molar-refractivity contribution in [1.29, 1.82) is 0 Å². The van der Waals surface area contributed by atoms with E-state index in [0.717, 1.165) is 27.7 Å². The molecule has 0 saturated carbocycles. The van der Waals surface area contributed by atoms with Gasteiger partial charge in [-0.2, -0.15) is 0 Å². The standard InChI is InChI=1S/C10H11N3S/c1-3-9-12-13-10(14-9)8-5-4-7(2)11-6-8/h4-6H,3H2,1-2H3. The smallest absolute Gasteiger partial charge is 0.149 e. The van der Waals surface area contributed by atoms with E-state index >= 15 is 0 Å². The zero-order valence-electron chi connectivity index (χ0n) is 8.19. The minimum Gasteiger partial charge on any atom is -0.261 e. The van der Waals surface area contributed by atoms with E-state index in [-0.39, 0.29) is 0 Å². The summed E-state index contributed by atoms with van der Waals surface area (Å²) in [6, 6.07) is 4.02. The molecule has 0 aliphatic heterocycles. The van der Waals surface area contributed by atoms with Crippen LogP contribution in [0, 0.1) is 6.92 Å². The van der Waals surface area contributed by atoms with Gasteiger partial charge in [-0.25, -0.2) is 0 Å². The Balaban J connectivity index is 2.34. The molecule has 2 heterocycles. The van der Waals surface area contributed by atoms with Gasteiger partial charge in [0.25, 0.3) is 0 Å². The number of hydrogen-bond acceptors (Lipinski definition) is 4. The average molecular weight is 205 g/mol. The molecule has 3 nitrogen and oxygen atoms in total. The Labute approximate surface area is 86.9 Å². The van der Waals surface area contributed by atoms with Crippen LogP contribution in [0.2, 0.25) is 0 Å². The van der Waals surface area contributed by atoms with E-state index in [9.17, 15) is 0 Å². The fourth-order valence-corrected chi connectivity index (χ4v) is 1.88. The lowest BCUT2D eigenvalue weighted by Crippen LogP contribution is -1.81. The largest absolute Gasteiger partial charge is 0.261 e. The molecule has 0 unspecified atom stereocenters. The van der Waals surface area contributed by atoms with Crippen molar-refractivity contribution in [2.75, 3.05) is 0 Å². The first-order valence-corrected chi connectivity index (χ1v) is 5.36. The first-order chi connectivity index (χ1) is 6.79. The second-order valence-corrected chi connectivity index (χ2v) is 4.10. The summed E-state index contributed by atoms with van der Waals surface area (Å²) in [5, 5.41) is 10.2. The zero-order chi connectivity index (χ0) is 9.97. The van der Waals surface area contributed by atoms with Crippen molar-refractivity contribution in [3.63, 3.8) is 0 Å². The summed E-state index contributed by atoms with van der Waals surface area (Å²) in [5.41, 5.74) is 2.07. The van der Waals surface area contributed by atoms with Crippen LogP contribution in [-0.4, -0.2) is 15.2 Å². The Bertz CT molecular complexity index is 419. The van der Waals surface area contributed by atoms with Crippen molar-refractivity contribution < 1.29 is 0 Å². The van der Waals surface area contributed by atoms with E-state index in [1.165, 1.54) is 0 Å². The summed E-state index contributed by atoms with van der Waals surface area (Å²) < 4.78 is 0. The van der Waals surface area contributed by atoms with Crippen molar-refractivity contribution in [2.24, 2.45) is 0 Å².